The van der Waals surface area contributed by atoms with Crippen molar-refractivity contribution in [1.82, 2.24) is 4.90 Å². The van der Waals surface area contributed by atoms with Gasteiger partial charge in [0, 0.05) is 0 Å². The lowest BCUT2D eigenvalue weighted by Gasteiger charge is -2.31. The quantitative estimate of drug-likeness (QED) is 0.671. The normalized spacial score (nSPS) is 10.9. The molecule has 0 aliphatic rings. The van der Waals surface area contributed by atoms with Crippen LogP contribution < -0.4 is 0 Å². The molecular weight excluding hydrogens is 162 g/mol. The first-order chi connectivity index (χ1) is 5.33. The van der Waals surface area contributed by atoms with Crippen molar-refractivity contribution in [3.63, 3.8) is 0 Å². The van der Waals surface area contributed by atoms with Gasteiger partial charge in [-0.15, -0.1) is 0 Å². The summed E-state index contributed by atoms with van der Waals surface area (Å²) in [7, 11) is 0. The predicted molar refractivity (Wildman–Crippen MR) is 42.3 cm³/mol. The molecule has 0 saturated heterocycles. The second kappa shape index (κ2) is 3.42. The molecule has 0 rings (SSSR count). The molecule has 0 aromatic rings. The Labute approximate surface area is 70.6 Å². The van der Waals surface area contributed by atoms with E-state index in [-0.39, 0.29) is 0 Å². The summed E-state index contributed by atoms with van der Waals surface area (Å²) in [6.45, 7) is 4.86. The molecule has 0 unspecified atom stereocenters. The van der Waals surface area contributed by atoms with E-state index in [2.05, 4.69) is 0 Å². The number of hydrogen-bond donors (Lipinski definition) is 2. The monoisotopic (exact) mass is 175 g/mol. The first kappa shape index (κ1) is 10.7. The van der Waals surface area contributed by atoms with Gasteiger partial charge in [0.25, 0.3) is 0 Å². The van der Waals surface area contributed by atoms with Gasteiger partial charge >= 0.3 is 12.2 Å². The fourth-order valence-corrected chi connectivity index (χ4v) is 0.758. The van der Waals surface area contributed by atoms with E-state index in [9.17, 15) is 9.59 Å². The van der Waals surface area contributed by atoms with Crippen LogP contribution in [0.1, 0.15) is 27.2 Å². The number of nitrogens with zero attached hydrogens (tertiary/aromatic N) is 1. The molecule has 0 radical (unpaired) electrons. The lowest BCUT2D eigenvalue weighted by atomic mass is 10.0. The summed E-state index contributed by atoms with van der Waals surface area (Å²) in [6.07, 6.45) is -2.42. The SMILES string of the molecule is CCC(C)(C)N(C(=O)O)C(=O)O. The molecule has 0 spiro atoms. The number of amides is 2. The molecule has 0 atom stereocenters. The number of rotatable bonds is 2. The third-order valence-electron chi connectivity index (χ3n) is 1.85. The zero-order valence-electron chi connectivity index (χ0n) is 7.37. The zero-order chi connectivity index (χ0) is 9.94. The third-order valence-corrected chi connectivity index (χ3v) is 1.85. The van der Waals surface area contributed by atoms with Crippen LogP contribution in [-0.4, -0.2) is 32.8 Å². The Bertz CT molecular complexity index is 186. The summed E-state index contributed by atoms with van der Waals surface area (Å²) >= 11 is 0. The summed E-state index contributed by atoms with van der Waals surface area (Å²) in [6, 6.07) is 0. The standard InChI is InChI=1S/C7H13NO4/c1-4-7(2,3)8(5(9)10)6(11)12/h4H2,1-3H3,(H,9,10)(H,11,12). The number of hydrogen-bond acceptors (Lipinski definition) is 2. The maximum absolute atomic E-state index is 10.5. The van der Waals surface area contributed by atoms with Crippen LogP contribution in [0.25, 0.3) is 0 Å². The predicted octanol–water partition coefficient (Wildman–Crippen LogP) is 1.83. The molecule has 5 nitrogen and oxygen atoms in total. The molecule has 0 bridgehead atoms. The Balaban J connectivity index is 4.74. The highest BCUT2D eigenvalue weighted by Crippen LogP contribution is 2.18. The molecule has 0 aliphatic carbocycles. The summed E-state index contributed by atoms with van der Waals surface area (Å²) < 4.78 is 0. The van der Waals surface area contributed by atoms with E-state index in [4.69, 9.17) is 10.2 Å². The Morgan fingerprint density at radius 2 is 1.58 bits per heavy atom. The molecule has 5 heteroatoms. The minimum Gasteiger partial charge on any atom is -0.465 e. The van der Waals surface area contributed by atoms with Crippen LogP contribution >= 0.6 is 0 Å². The molecule has 2 N–H and O–H groups in total. The highest BCUT2D eigenvalue weighted by atomic mass is 16.4. The van der Waals surface area contributed by atoms with Crippen LogP contribution in [-0.2, 0) is 0 Å². The minimum atomic E-state index is -1.44. The summed E-state index contributed by atoms with van der Waals surface area (Å²) in [5, 5.41) is 17.1. The van der Waals surface area contributed by atoms with Crippen molar-refractivity contribution in [3.05, 3.63) is 0 Å². The summed E-state index contributed by atoms with van der Waals surface area (Å²) in [5.74, 6) is 0. The van der Waals surface area contributed by atoms with Crippen molar-refractivity contribution < 1.29 is 19.8 Å². The van der Waals surface area contributed by atoms with Crippen molar-refractivity contribution in [2.24, 2.45) is 0 Å². The molecule has 0 aromatic heterocycles. The average molecular weight is 175 g/mol. The van der Waals surface area contributed by atoms with E-state index in [1.54, 1.807) is 20.8 Å². The molecular formula is C7H13NO4. The van der Waals surface area contributed by atoms with E-state index in [0.717, 1.165) is 0 Å². The summed E-state index contributed by atoms with van der Waals surface area (Å²) in [4.78, 5) is 21.4. The molecule has 0 fully saturated rings. The Kier molecular flexibility index (Phi) is 3.06. The van der Waals surface area contributed by atoms with Gasteiger partial charge in [-0.3, -0.25) is 0 Å². The van der Waals surface area contributed by atoms with Gasteiger partial charge < -0.3 is 10.2 Å². The van der Waals surface area contributed by atoms with Gasteiger partial charge in [-0.05, 0) is 20.3 Å². The summed E-state index contributed by atoms with van der Waals surface area (Å²) in [5.41, 5.74) is -0.863. The van der Waals surface area contributed by atoms with Crippen LogP contribution in [0, 0.1) is 0 Å². The van der Waals surface area contributed by atoms with E-state index in [1.807, 2.05) is 0 Å². The van der Waals surface area contributed by atoms with Gasteiger partial charge in [-0.25, -0.2) is 14.5 Å². The Morgan fingerprint density at radius 3 is 1.67 bits per heavy atom. The van der Waals surface area contributed by atoms with Gasteiger partial charge in [0.05, 0.1) is 5.54 Å². The van der Waals surface area contributed by atoms with Gasteiger partial charge in [0.15, 0.2) is 0 Å². The number of carboxylic acid groups (broad SMARTS) is 2. The lowest BCUT2D eigenvalue weighted by molar-refractivity contribution is 0.0808. The van der Waals surface area contributed by atoms with Gasteiger partial charge in [0.2, 0.25) is 0 Å². The van der Waals surface area contributed by atoms with Gasteiger partial charge in [0.1, 0.15) is 0 Å². The number of carbonyl (C=O) groups is 2. The van der Waals surface area contributed by atoms with Crippen molar-refractivity contribution in [3.8, 4) is 0 Å². The van der Waals surface area contributed by atoms with Gasteiger partial charge in [-0.2, -0.15) is 0 Å². The minimum absolute atomic E-state index is 0.410. The first-order valence-electron chi connectivity index (χ1n) is 3.59. The smallest absolute Gasteiger partial charge is 0.417 e. The highest BCUT2D eigenvalue weighted by molar-refractivity contribution is 5.86. The average Bonchev–Trinajstić information content (AvgIpc) is 1.84. The van der Waals surface area contributed by atoms with Crippen LogP contribution in [0.5, 0.6) is 0 Å². The maximum atomic E-state index is 10.5. The van der Waals surface area contributed by atoms with E-state index in [0.29, 0.717) is 11.3 Å². The van der Waals surface area contributed by atoms with Crippen molar-refractivity contribution in [2.75, 3.05) is 0 Å². The third kappa shape index (κ3) is 2.11. The second-order valence-corrected chi connectivity index (χ2v) is 3.07. The van der Waals surface area contributed by atoms with Crippen LogP contribution in [0.2, 0.25) is 0 Å². The Hall–Kier alpha value is -1.26. The zero-order valence-corrected chi connectivity index (χ0v) is 7.37. The van der Waals surface area contributed by atoms with Crippen molar-refractivity contribution in [2.45, 2.75) is 32.7 Å². The van der Waals surface area contributed by atoms with Crippen molar-refractivity contribution in [1.29, 1.82) is 0 Å². The first-order valence-corrected chi connectivity index (χ1v) is 3.59. The maximum Gasteiger partial charge on any atom is 0.417 e. The number of imide groups is 1. The molecule has 0 aliphatic heterocycles. The van der Waals surface area contributed by atoms with E-state index in [1.165, 1.54) is 0 Å². The lowest BCUT2D eigenvalue weighted by Crippen LogP contribution is -2.49. The molecule has 0 saturated carbocycles. The molecule has 0 aromatic carbocycles. The molecule has 70 valence electrons. The fraction of sp³-hybridized carbons (Fsp3) is 0.714. The van der Waals surface area contributed by atoms with E-state index < -0.39 is 17.7 Å². The molecule has 2 amide bonds. The van der Waals surface area contributed by atoms with Crippen LogP contribution in [0.4, 0.5) is 9.59 Å². The Morgan fingerprint density at radius 1 is 1.25 bits per heavy atom. The topological polar surface area (TPSA) is 77.8 Å². The van der Waals surface area contributed by atoms with Crippen LogP contribution in [0.3, 0.4) is 0 Å². The molecule has 12 heavy (non-hydrogen) atoms. The van der Waals surface area contributed by atoms with Gasteiger partial charge in [-0.1, -0.05) is 6.92 Å². The van der Waals surface area contributed by atoms with E-state index >= 15 is 0 Å². The highest BCUT2D eigenvalue weighted by Gasteiger charge is 2.34. The van der Waals surface area contributed by atoms with Crippen molar-refractivity contribution >= 4 is 12.2 Å². The molecule has 0 heterocycles. The second-order valence-electron chi connectivity index (χ2n) is 3.07. The largest absolute Gasteiger partial charge is 0.465 e. The van der Waals surface area contributed by atoms with Crippen LogP contribution in [0.15, 0.2) is 0 Å². The fourth-order valence-electron chi connectivity index (χ4n) is 0.758.